The minimum absolute atomic E-state index is 0.577. The second-order valence-electron chi connectivity index (χ2n) is 7.39. The van der Waals surface area contributed by atoms with Gasteiger partial charge in [-0.05, 0) is 38.5 Å². The number of aliphatic imine (C=N–C) groups is 1. The molecule has 0 bridgehead atoms. The van der Waals surface area contributed by atoms with Crippen LogP contribution in [0.25, 0.3) is 0 Å². The summed E-state index contributed by atoms with van der Waals surface area (Å²) in [7, 11) is 1.70. The Balaban J connectivity index is 1.60. The molecule has 2 saturated heterocycles. The molecule has 1 atom stereocenters. The number of methoxy groups -OCH3 is 1. The summed E-state index contributed by atoms with van der Waals surface area (Å²) in [6.07, 6.45) is 4.39. The molecular weight excluding hydrogens is 346 g/mol. The summed E-state index contributed by atoms with van der Waals surface area (Å²) in [5.74, 6) is 2.28. The number of rotatable bonds is 12. The lowest BCUT2D eigenvalue weighted by molar-refractivity contribution is 0.0205. The quantitative estimate of drug-likeness (QED) is 0.314. The van der Waals surface area contributed by atoms with Crippen molar-refractivity contribution in [2.24, 2.45) is 16.8 Å². The average Bonchev–Trinajstić information content (AvgIpc) is 3.16. The summed E-state index contributed by atoms with van der Waals surface area (Å²) in [6, 6.07) is 0. The molecule has 0 amide bonds. The van der Waals surface area contributed by atoms with Crippen LogP contribution >= 0.6 is 0 Å². The molecular formula is C20H39N3O4. The number of nitrogens with one attached hydrogen (secondary N) is 1. The summed E-state index contributed by atoms with van der Waals surface area (Å²) >= 11 is 0. The Morgan fingerprint density at radius 2 is 1.85 bits per heavy atom. The van der Waals surface area contributed by atoms with Gasteiger partial charge >= 0.3 is 0 Å². The SMILES string of the molecule is CCNC(=NCCCOCC1CCOCC1)N1CCC(COCCOC)C1. The Morgan fingerprint density at radius 3 is 2.63 bits per heavy atom. The molecule has 1 unspecified atom stereocenters. The summed E-state index contributed by atoms with van der Waals surface area (Å²) in [5.41, 5.74) is 0. The molecule has 2 fully saturated rings. The van der Waals surface area contributed by atoms with Crippen molar-refractivity contribution >= 4 is 5.96 Å². The predicted octanol–water partition coefficient (Wildman–Crippen LogP) is 1.77. The lowest BCUT2D eigenvalue weighted by atomic mass is 10.0. The van der Waals surface area contributed by atoms with Crippen molar-refractivity contribution in [3.63, 3.8) is 0 Å². The maximum absolute atomic E-state index is 5.84. The first-order chi connectivity index (χ1) is 13.3. The van der Waals surface area contributed by atoms with Crippen LogP contribution < -0.4 is 5.32 Å². The van der Waals surface area contributed by atoms with Crippen LogP contribution in [0.4, 0.5) is 0 Å². The van der Waals surface area contributed by atoms with Gasteiger partial charge in [0.25, 0.3) is 0 Å². The monoisotopic (exact) mass is 385 g/mol. The molecule has 2 rings (SSSR count). The second-order valence-corrected chi connectivity index (χ2v) is 7.39. The maximum atomic E-state index is 5.84. The third kappa shape index (κ3) is 9.23. The molecule has 7 heteroatoms. The van der Waals surface area contributed by atoms with Gasteiger partial charge in [-0.3, -0.25) is 4.99 Å². The van der Waals surface area contributed by atoms with Crippen LogP contribution in [0.15, 0.2) is 4.99 Å². The Bertz CT molecular complexity index is 403. The maximum Gasteiger partial charge on any atom is 0.193 e. The van der Waals surface area contributed by atoms with Crippen LogP contribution in [0.5, 0.6) is 0 Å². The smallest absolute Gasteiger partial charge is 0.193 e. The van der Waals surface area contributed by atoms with Crippen molar-refractivity contribution in [2.75, 3.05) is 79.5 Å². The first-order valence-corrected chi connectivity index (χ1v) is 10.6. The van der Waals surface area contributed by atoms with E-state index in [9.17, 15) is 0 Å². The normalized spacial score (nSPS) is 21.8. The highest BCUT2D eigenvalue weighted by atomic mass is 16.5. The number of nitrogens with zero attached hydrogens (tertiary/aromatic N) is 2. The molecule has 0 aromatic rings. The standard InChI is InChI=1S/C20H39N3O4/c1-3-21-20(23-9-5-19(15-23)17-27-14-13-24-2)22-8-4-10-26-16-18-6-11-25-12-7-18/h18-19H,3-17H2,1-2H3,(H,21,22). The van der Waals surface area contributed by atoms with Gasteiger partial charge in [0.1, 0.15) is 0 Å². The van der Waals surface area contributed by atoms with E-state index < -0.39 is 0 Å². The van der Waals surface area contributed by atoms with Gasteiger partial charge < -0.3 is 29.2 Å². The summed E-state index contributed by atoms with van der Waals surface area (Å²) in [5, 5.41) is 3.42. The van der Waals surface area contributed by atoms with Gasteiger partial charge in [0.05, 0.1) is 19.8 Å². The third-order valence-electron chi connectivity index (χ3n) is 5.11. The number of guanidine groups is 1. The van der Waals surface area contributed by atoms with Gasteiger partial charge in [0.15, 0.2) is 5.96 Å². The molecule has 7 nitrogen and oxygen atoms in total. The van der Waals surface area contributed by atoms with Crippen molar-refractivity contribution in [1.29, 1.82) is 0 Å². The zero-order valence-electron chi connectivity index (χ0n) is 17.3. The van der Waals surface area contributed by atoms with E-state index in [4.69, 9.17) is 23.9 Å². The van der Waals surface area contributed by atoms with Gasteiger partial charge in [0, 0.05) is 65.6 Å². The van der Waals surface area contributed by atoms with Crippen LogP contribution in [-0.2, 0) is 18.9 Å². The zero-order chi connectivity index (χ0) is 19.2. The van der Waals surface area contributed by atoms with Crippen LogP contribution in [0.1, 0.15) is 32.6 Å². The second kappa shape index (κ2) is 14.2. The highest BCUT2D eigenvalue weighted by Crippen LogP contribution is 2.17. The predicted molar refractivity (Wildman–Crippen MR) is 107 cm³/mol. The Hall–Kier alpha value is -0.890. The summed E-state index contributed by atoms with van der Waals surface area (Å²) < 4.78 is 21.9. The van der Waals surface area contributed by atoms with Crippen LogP contribution in [-0.4, -0.2) is 90.4 Å². The first kappa shape index (κ1) is 22.4. The van der Waals surface area contributed by atoms with Gasteiger partial charge in [-0.15, -0.1) is 0 Å². The van der Waals surface area contributed by atoms with E-state index in [0.29, 0.717) is 25.0 Å². The summed E-state index contributed by atoms with van der Waals surface area (Å²) in [6.45, 7) is 11.5. The van der Waals surface area contributed by atoms with E-state index in [1.165, 1.54) is 0 Å². The van der Waals surface area contributed by atoms with Crippen molar-refractivity contribution < 1.29 is 18.9 Å². The summed E-state index contributed by atoms with van der Waals surface area (Å²) in [4.78, 5) is 7.15. The fourth-order valence-corrected chi connectivity index (χ4v) is 3.49. The van der Waals surface area contributed by atoms with Crippen molar-refractivity contribution in [3.8, 4) is 0 Å². The Kier molecular flexibility index (Phi) is 11.7. The van der Waals surface area contributed by atoms with E-state index >= 15 is 0 Å². The number of ether oxygens (including phenoxy) is 4. The fourth-order valence-electron chi connectivity index (χ4n) is 3.49. The molecule has 0 spiro atoms. The van der Waals surface area contributed by atoms with Gasteiger partial charge in [0.2, 0.25) is 0 Å². The molecule has 27 heavy (non-hydrogen) atoms. The lowest BCUT2D eigenvalue weighted by Crippen LogP contribution is -2.40. The van der Waals surface area contributed by atoms with E-state index in [2.05, 4.69) is 17.1 Å². The van der Waals surface area contributed by atoms with Gasteiger partial charge in [-0.1, -0.05) is 0 Å². The first-order valence-electron chi connectivity index (χ1n) is 10.6. The van der Waals surface area contributed by atoms with Crippen molar-refractivity contribution in [1.82, 2.24) is 10.2 Å². The molecule has 0 radical (unpaired) electrons. The Morgan fingerprint density at radius 1 is 1.07 bits per heavy atom. The average molecular weight is 386 g/mol. The minimum atomic E-state index is 0.577. The van der Waals surface area contributed by atoms with Crippen LogP contribution in [0, 0.1) is 11.8 Å². The van der Waals surface area contributed by atoms with Crippen LogP contribution in [0.3, 0.4) is 0 Å². The number of likely N-dealkylation sites (tertiary alicyclic amines) is 1. The topological polar surface area (TPSA) is 64.6 Å². The lowest BCUT2D eigenvalue weighted by Gasteiger charge is -2.22. The molecule has 1 N–H and O–H groups in total. The highest BCUT2D eigenvalue weighted by molar-refractivity contribution is 5.80. The highest BCUT2D eigenvalue weighted by Gasteiger charge is 2.24. The largest absolute Gasteiger partial charge is 0.382 e. The third-order valence-corrected chi connectivity index (χ3v) is 5.11. The minimum Gasteiger partial charge on any atom is -0.382 e. The van der Waals surface area contributed by atoms with Crippen molar-refractivity contribution in [2.45, 2.75) is 32.6 Å². The molecule has 0 aliphatic carbocycles. The van der Waals surface area contributed by atoms with Gasteiger partial charge in [-0.25, -0.2) is 0 Å². The van der Waals surface area contributed by atoms with E-state index in [1.54, 1.807) is 7.11 Å². The molecule has 158 valence electrons. The van der Waals surface area contributed by atoms with E-state index in [-0.39, 0.29) is 0 Å². The van der Waals surface area contributed by atoms with Gasteiger partial charge in [-0.2, -0.15) is 0 Å². The molecule has 2 aliphatic rings. The fraction of sp³-hybridized carbons (Fsp3) is 0.950. The Labute approximate surface area is 164 Å². The zero-order valence-corrected chi connectivity index (χ0v) is 17.3. The van der Waals surface area contributed by atoms with E-state index in [1.807, 2.05) is 0 Å². The van der Waals surface area contributed by atoms with Crippen LogP contribution in [0.2, 0.25) is 0 Å². The van der Waals surface area contributed by atoms with E-state index in [0.717, 1.165) is 90.9 Å². The molecule has 0 aromatic carbocycles. The molecule has 0 aromatic heterocycles. The molecule has 2 aliphatic heterocycles. The number of hydrogen-bond acceptors (Lipinski definition) is 5. The van der Waals surface area contributed by atoms with Crippen molar-refractivity contribution in [3.05, 3.63) is 0 Å². The number of hydrogen-bond donors (Lipinski definition) is 1. The molecule has 0 saturated carbocycles. The molecule has 2 heterocycles.